The molecule has 5 atom stereocenters. The number of hydrogen-bond donors (Lipinski definition) is 1. The fourth-order valence-electron chi connectivity index (χ4n) is 5.06. The van der Waals surface area contributed by atoms with Crippen LogP contribution >= 0.6 is 0 Å². The molecule has 0 aromatic carbocycles. The van der Waals surface area contributed by atoms with Crippen molar-refractivity contribution < 1.29 is 0 Å². The molecule has 3 fully saturated rings. The van der Waals surface area contributed by atoms with E-state index in [0.29, 0.717) is 5.41 Å². The van der Waals surface area contributed by atoms with Crippen LogP contribution in [0.5, 0.6) is 0 Å². The van der Waals surface area contributed by atoms with Gasteiger partial charge in [-0.25, -0.2) is 0 Å². The van der Waals surface area contributed by atoms with E-state index in [0.717, 1.165) is 29.8 Å². The second kappa shape index (κ2) is 4.49. The maximum Gasteiger partial charge on any atom is 0.0124 e. The van der Waals surface area contributed by atoms with Crippen LogP contribution in [0.3, 0.4) is 0 Å². The molecule has 0 aromatic rings. The first kappa shape index (κ1) is 12.9. The van der Waals surface area contributed by atoms with E-state index in [4.69, 9.17) is 0 Å². The average molecular weight is 250 g/mol. The highest BCUT2D eigenvalue weighted by molar-refractivity contribution is 5.01. The summed E-state index contributed by atoms with van der Waals surface area (Å²) < 4.78 is 0. The molecular formula is C16H30N2. The predicted molar refractivity (Wildman–Crippen MR) is 76.6 cm³/mol. The smallest absolute Gasteiger partial charge is 0.0124 e. The molecule has 0 amide bonds. The van der Waals surface area contributed by atoms with Crippen LogP contribution in [0.15, 0.2) is 0 Å². The Kier molecular flexibility index (Phi) is 3.22. The fraction of sp³-hybridized carbons (Fsp3) is 1.00. The van der Waals surface area contributed by atoms with Gasteiger partial charge in [-0.1, -0.05) is 20.8 Å². The molecule has 2 aliphatic heterocycles. The van der Waals surface area contributed by atoms with Crippen molar-refractivity contribution in [3.05, 3.63) is 0 Å². The lowest BCUT2D eigenvalue weighted by atomic mass is 9.70. The Balaban J connectivity index is 1.69. The number of nitrogens with zero attached hydrogens (tertiary/aromatic N) is 1. The summed E-state index contributed by atoms with van der Waals surface area (Å²) >= 11 is 0. The van der Waals surface area contributed by atoms with Crippen LogP contribution in [0.25, 0.3) is 0 Å². The highest BCUT2D eigenvalue weighted by Gasteiger charge is 2.46. The van der Waals surface area contributed by atoms with E-state index < -0.39 is 0 Å². The van der Waals surface area contributed by atoms with Gasteiger partial charge in [0, 0.05) is 18.6 Å². The van der Waals surface area contributed by atoms with Crippen molar-refractivity contribution in [1.82, 2.24) is 10.2 Å². The molecule has 2 heterocycles. The summed E-state index contributed by atoms with van der Waals surface area (Å²) in [5.74, 6) is 2.73. The van der Waals surface area contributed by atoms with Gasteiger partial charge in [0.1, 0.15) is 0 Å². The van der Waals surface area contributed by atoms with Crippen molar-refractivity contribution in [2.45, 2.75) is 59.0 Å². The Morgan fingerprint density at radius 1 is 1.17 bits per heavy atom. The first-order valence-electron chi connectivity index (χ1n) is 7.94. The van der Waals surface area contributed by atoms with E-state index in [2.05, 4.69) is 37.9 Å². The minimum absolute atomic E-state index is 0.580. The molecule has 2 nitrogen and oxygen atoms in total. The topological polar surface area (TPSA) is 15.3 Å². The third-order valence-electron chi connectivity index (χ3n) is 6.05. The van der Waals surface area contributed by atoms with Crippen molar-refractivity contribution in [2.75, 3.05) is 19.6 Å². The van der Waals surface area contributed by atoms with E-state index in [1.807, 2.05) is 0 Å². The third-order valence-corrected chi connectivity index (χ3v) is 6.05. The zero-order valence-electron chi connectivity index (χ0n) is 12.6. The normalized spacial score (nSPS) is 48.3. The molecule has 2 heteroatoms. The van der Waals surface area contributed by atoms with Crippen molar-refractivity contribution in [2.24, 2.45) is 23.2 Å². The monoisotopic (exact) mass is 250 g/mol. The highest BCUT2D eigenvalue weighted by Crippen LogP contribution is 2.44. The summed E-state index contributed by atoms with van der Waals surface area (Å²) in [5.41, 5.74) is 0.580. The number of nitrogens with one attached hydrogen (secondary N) is 1. The summed E-state index contributed by atoms with van der Waals surface area (Å²) in [7, 11) is 0. The maximum absolute atomic E-state index is 3.58. The van der Waals surface area contributed by atoms with Crippen LogP contribution < -0.4 is 5.32 Å². The molecule has 5 unspecified atom stereocenters. The van der Waals surface area contributed by atoms with Gasteiger partial charge < -0.3 is 5.32 Å². The Hall–Kier alpha value is -0.0800. The molecule has 2 saturated heterocycles. The van der Waals surface area contributed by atoms with Crippen molar-refractivity contribution in [3.63, 3.8) is 0 Å². The lowest BCUT2D eigenvalue weighted by Gasteiger charge is -2.45. The van der Waals surface area contributed by atoms with Gasteiger partial charge in [0.15, 0.2) is 0 Å². The highest BCUT2D eigenvalue weighted by atomic mass is 15.2. The lowest BCUT2D eigenvalue weighted by molar-refractivity contribution is 0.0493. The molecule has 1 aliphatic carbocycles. The summed E-state index contributed by atoms with van der Waals surface area (Å²) in [6.45, 7) is 13.7. The zero-order chi connectivity index (χ0) is 12.9. The predicted octanol–water partition coefficient (Wildman–Crippen LogP) is 2.74. The quantitative estimate of drug-likeness (QED) is 0.770. The SMILES string of the molecule is CC1CC(C)(C)CCC1N1CC2CNCC2C1C. The molecule has 0 aromatic heterocycles. The zero-order valence-corrected chi connectivity index (χ0v) is 12.6. The standard InChI is InChI=1S/C16H30N2/c1-11-7-16(3,4)6-5-15(11)18-10-13-8-17-9-14(13)12(18)2/h11-15,17H,5-10H2,1-4H3. The van der Waals surface area contributed by atoms with Crippen LogP contribution in [0.4, 0.5) is 0 Å². The summed E-state index contributed by atoms with van der Waals surface area (Å²) in [5, 5.41) is 3.58. The third kappa shape index (κ3) is 2.12. The Bertz CT molecular complexity index is 312. The largest absolute Gasteiger partial charge is 0.316 e. The first-order valence-corrected chi connectivity index (χ1v) is 7.94. The van der Waals surface area contributed by atoms with Crippen LogP contribution in [0.2, 0.25) is 0 Å². The van der Waals surface area contributed by atoms with Crippen molar-refractivity contribution in [1.29, 1.82) is 0 Å². The van der Waals surface area contributed by atoms with Gasteiger partial charge in [-0.2, -0.15) is 0 Å². The van der Waals surface area contributed by atoms with Gasteiger partial charge in [-0.3, -0.25) is 4.90 Å². The lowest BCUT2D eigenvalue weighted by Crippen LogP contribution is -2.47. The van der Waals surface area contributed by atoms with Gasteiger partial charge in [-0.05, 0) is 62.4 Å². The molecule has 0 bridgehead atoms. The van der Waals surface area contributed by atoms with E-state index in [1.54, 1.807) is 0 Å². The summed E-state index contributed by atoms with van der Waals surface area (Å²) in [6.07, 6.45) is 4.25. The minimum atomic E-state index is 0.580. The number of rotatable bonds is 1. The molecule has 3 rings (SSSR count). The van der Waals surface area contributed by atoms with E-state index >= 15 is 0 Å². The molecular weight excluding hydrogens is 220 g/mol. The minimum Gasteiger partial charge on any atom is -0.316 e. The van der Waals surface area contributed by atoms with Crippen LogP contribution in [0.1, 0.15) is 47.0 Å². The second-order valence-electron chi connectivity index (χ2n) is 7.97. The Morgan fingerprint density at radius 2 is 1.94 bits per heavy atom. The van der Waals surface area contributed by atoms with Gasteiger partial charge in [-0.15, -0.1) is 0 Å². The van der Waals surface area contributed by atoms with Crippen molar-refractivity contribution >= 4 is 0 Å². The second-order valence-corrected chi connectivity index (χ2v) is 7.97. The summed E-state index contributed by atoms with van der Waals surface area (Å²) in [6, 6.07) is 1.66. The first-order chi connectivity index (χ1) is 8.48. The average Bonchev–Trinajstić information content (AvgIpc) is 2.82. The van der Waals surface area contributed by atoms with Crippen molar-refractivity contribution in [3.8, 4) is 0 Å². The van der Waals surface area contributed by atoms with Crippen LogP contribution in [-0.2, 0) is 0 Å². The van der Waals surface area contributed by atoms with E-state index in [-0.39, 0.29) is 0 Å². The molecule has 0 radical (unpaired) electrons. The number of hydrogen-bond acceptors (Lipinski definition) is 2. The Labute approximate surface area is 113 Å². The van der Waals surface area contributed by atoms with Gasteiger partial charge >= 0.3 is 0 Å². The van der Waals surface area contributed by atoms with E-state index in [9.17, 15) is 0 Å². The van der Waals surface area contributed by atoms with Gasteiger partial charge in [0.25, 0.3) is 0 Å². The fourth-order valence-corrected chi connectivity index (χ4v) is 5.06. The van der Waals surface area contributed by atoms with E-state index in [1.165, 1.54) is 38.9 Å². The maximum atomic E-state index is 3.58. The molecule has 104 valence electrons. The summed E-state index contributed by atoms with van der Waals surface area (Å²) in [4.78, 5) is 2.87. The van der Waals surface area contributed by atoms with Crippen LogP contribution in [-0.4, -0.2) is 36.6 Å². The van der Waals surface area contributed by atoms with Crippen LogP contribution in [0, 0.1) is 23.2 Å². The molecule has 1 saturated carbocycles. The molecule has 18 heavy (non-hydrogen) atoms. The number of fused-ring (bicyclic) bond motifs is 1. The van der Waals surface area contributed by atoms with Gasteiger partial charge in [0.2, 0.25) is 0 Å². The Morgan fingerprint density at radius 3 is 2.61 bits per heavy atom. The molecule has 3 aliphatic rings. The van der Waals surface area contributed by atoms with Gasteiger partial charge in [0.05, 0.1) is 0 Å². The molecule has 1 N–H and O–H groups in total. The number of likely N-dealkylation sites (tertiary alicyclic amines) is 1. The molecule has 0 spiro atoms.